The molecule has 3 aromatic rings. The second-order valence-electron chi connectivity index (χ2n) is 8.78. The number of hydrogen-bond acceptors (Lipinski definition) is 3. The number of carbonyl (C=O) groups excluding carboxylic acids is 1. The highest BCUT2D eigenvalue weighted by Crippen LogP contribution is 2.30. The van der Waals surface area contributed by atoms with E-state index in [0.717, 1.165) is 5.56 Å². The molecule has 0 saturated heterocycles. The van der Waals surface area contributed by atoms with Gasteiger partial charge in [0.1, 0.15) is 21.4 Å². The summed E-state index contributed by atoms with van der Waals surface area (Å²) in [5, 5.41) is 2.33. The van der Waals surface area contributed by atoms with Crippen molar-refractivity contribution in [3.05, 3.63) is 88.8 Å². The fraction of sp³-hybridized carbons (Fsp3) is 0.240. The van der Waals surface area contributed by atoms with Crippen molar-refractivity contribution in [2.75, 3.05) is 5.32 Å². The van der Waals surface area contributed by atoms with Gasteiger partial charge in [-0.3, -0.25) is 4.79 Å². The number of amides is 1. The number of halogens is 4. The van der Waals surface area contributed by atoms with Crippen LogP contribution in [0, 0.1) is 34.0 Å². The van der Waals surface area contributed by atoms with Crippen molar-refractivity contribution in [3.63, 3.8) is 0 Å². The lowest BCUT2D eigenvalue weighted by atomic mass is 9.94. The Labute approximate surface area is 206 Å². The lowest BCUT2D eigenvalue weighted by Gasteiger charge is -2.22. The Hall–Kier alpha value is -3.44. The summed E-state index contributed by atoms with van der Waals surface area (Å²) in [7, 11) is -2.01. The van der Waals surface area contributed by atoms with E-state index in [1.54, 1.807) is 24.3 Å². The van der Waals surface area contributed by atoms with Gasteiger partial charge in [0, 0.05) is 42.7 Å². The van der Waals surface area contributed by atoms with Crippen molar-refractivity contribution >= 4 is 27.6 Å². The number of aromatic nitrogens is 1. The van der Waals surface area contributed by atoms with Crippen LogP contribution >= 0.6 is 0 Å². The molecule has 0 spiro atoms. The van der Waals surface area contributed by atoms with Crippen LogP contribution < -0.4 is 10.0 Å². The normalized spacial score (nSPS) is 20.0. The van der Waals surface area contributed by atoms with Gasteiger partial charge < -0.3 is 9.88 Å². The van der Waals surface area contributed by atoms with Crippen LogP contribution in [0.2, 0.25) is 0 Å². The van der Waals surface area contributed by atoms with E-state index in [9.17, 15) is 26.6 Å². The molecule has 1 aromatic heterocycles. The molecule has 3 N–H and O–H groups in total. The average molecular weight is 521 g/mol. The molecule has 1 amide bonds. The fourth-order valence-electron chi connectivity index (χ4n) is 4.13. The molecule has 4 rings (SSSR count). The number of hydrogen-bond donors (Lipinski definition) is 3. The maximum Gasteiger partial charge on any atom is 0.272 e. The molecule has 1 aliphatic heterocycles. The van der Waals surface area contributed by atoms with Crippen LogP contribution in [0.25, 0.3) is 6.08 Å². The molecular weight excluding hydrogens is 496 g/mol. The van der Waals surface area contributed by atoms with Gasteiger partial charge in [-0.1, -0.05) is 31.2 Å². The Balaban J connectivity index is 1.58. The molecule has 11 heteroatoms. The molecule has 6 nitrogen and oxygen atoms in total. The van der Waals surface area contributed by atoms with Crippen molar-refractivity contribution in [3.8, 4) is 0 Å². The third-order valence-electron chi connectivity index (χ3n) is 6.14. The van der Waals surface area contributed by atoms with E-state index in [-0.39, 0.29) is 33.6 Å². The number of nitrogens with zero attached hydrogens (tertiary/aromatic N) is 1. The largest absolute Gasteiger partial charge is 0.345 e. The molecule has 0 aliphatic carbocycles. The van der Waals surface area contributed by atoms with Gasteiger partial charge in [0.25, 0.3) is 5.91 Å². The van der Waals surface area contributed by atoms with Crippen LogP contribution in [0.1, 0.15) is 35.0 Å². The third-order valence-corrected chi connectivity index (χ3v) is 7.69. The topological polar surface area (TPSA) is 87.0 Å². The van der Waals surface area contributed by atoms with E-state index in [1.165, 1.54) is 29.9 Å². The first-order chi connectivity index (χ1) is 17.0. The summed E-state index contributed by atoms with van der Waals surface area (Å²) in [6.07, 6.45) is 6.04. The van der Waals surface area contributed by atoms with E-state index in [0.29, 0.717) is 25.0 Å². The van der Waals surface area contributed by atoms with Crippen molar-refractivity contribution in [2.45, 2.75) is 30.7 Å². The first-order valence-corrected chi connectivity index (χ1v) is 12.7. The molecule has 2 heterocycles. The highest BCUT2D eigenvalue weighted by atomic mass is 32.2. The number of carbonyl (C=O) groups is 1. The number of fused-ring (bicyclic) bond motifs is 1. The summed E-state index contributed by atoms with van der Waals surface area (Å²) in [5.74, 6) is -5.70. The molecule has 2 unspecified atom stereocenters. The lowest BCUT2D eigenvalue weighted by molar-refractivity contribution is 0.101. The quantitative estimate of drug-likeness (QED) is 0.300. The molecule has 190 valence electrons. The Bertz CT molecular complexity index is 1430. The molecule has 0 bridgehead atoms. The minimum absolute atomic E-state index is 0.0211. The zero-order valence-electron chi connectivity index (χ0n) is 19.4. The Morgan fingerprint density at radius 3 is 2.44 bits per heavy atom. The Morgan fingerprint density at radius 2 is 1.81 bits per heavy atom. The third kappa shape index (κ3) is 5.21. The summed E-state index contributed by atoms with van der Waals surface area (Å²) in [5.41, 5.74) is 0.913. The first-order valence-electron chi connectivity index (χ1n) is 11.1. The van der Waals surface area contributed by atoms with Crippen molar-refractivity contribution < 1.29 is 26.6 Å². The molecule has 0 saturated carbocycles. The first kappa shape index (κ1) is 25.6. The maximum absolute atomic E-state index is 13.6. The second-order valence-corrected chi connectivity index (χ2v) is 10.6. The summed E-state index contributed by atoms with van der Waals surface area (Å²) < 4.78 is 79.6. The monoisotopic (exact) mass is 520 g/mol. The van der Waals surface area contributed by atoms with Gasteiger partial charge in [-0.15, -0.1) is 0 Å². The summed E-state index contributed by atoms with van der Waals surface area (Å²) in [6, 6.07) is 7.03. The molecular formula is C25H24F4N4O2S. The highest BCUT2D eigenvalue weighted by Gasteiger charge is 2.30. The van der Waals surface area contributed by atoms with Crippen molar-refractivity contribution in [2.24, 2.45) is 13.0 Å². The van der Waals surface area contributed by atoms with E-state index < -0.39 is 39.3 Å². The van der Waals surface area contributed by atoms with Crippen LogP contribution in [0.15, 0.2) is 53.6 Å². The van der Waals surface area contributed by atoms with Gasteiger partial charge in [0.2, 0.25) is 0 Å². The second kappa shape index (κ2) is 9.90. The number of anilines is 1. The molecule has 2 aromatic carbocycles. The van der Waals surface area contributed by atoms with Crippen LogP contribution in [0.5, 0.6) is 0 Å². The van der Waals surface area contributed by atoms with Crippen LogP contribution in [-0.2, 0) is 23.4 Å². The number of aryl methyl sites for hydroxylation is 2. The summed E-state index contributed by atoms with van der Waals surface area (Å²) in [4.78, 5) is 13.1. The zero-order chi connectivity index (χ0) is 26.2. The van der Waals surface area contributed by atoms with E-state index >= 15 is 0 Å². The summed E-state index contributed by atoms with van der Waals surface area (Å²) in [6.45, 7) is 1.93. The fourth-order valence-corrected chi connectivity index (χ4v) is 5.73. The lowest BCUT2D eigenvalue weighted by Crippen LogP contribution is -2.36. The van der Waals surface area contributed by atoms with Crippen LogP contribution in [0.4, 0.5) is 23.2 Å². The van der Waals surface area contributed by atoms with Crippen LogP contribution in [0.3, 0.4) is 0 Å². The molecule has 0 radical (unpaired) electrons. The number of benzene rings is 2. The standard InChI is InChI=1S/C25H24F4N4O2S/c1-14(3-4-15-5-7-16(26)8-6-15)21-10-9-18-22(36(30,35)32-21)13-33(2)24(18)25(34)31-17-11-19(27)23(29)20(28)12-17/h5-14,21H,3-4H2,1-2H3,(H,31,34)(H2,30,32,35)/t14-,21?,36?/m0/s1. The van der Waals surface area contributed by atoms with Gasteiger partial charge in [-0.25, -0.2) is 31.3 Å². The van der Waals surface area contributed by atoms with Gasteiger partial charge in [0.05, 0.1) is 4.90 Å². The summed E-state index contributed by atoms with van der Waals surface area (Å²) >= 11 is 0. The predicted molar refractivity (Wildman–Crippen MR) is 129 cm³/mol. The molecule has 36 heavy (non-hydrogen) atoms. The zero-order valence-corrected chi connectivity index (χ0v) is 20.3. The number of rotatable bonds is 6. The highest BCUT2D eigenvalue weighted by molar-refractivity contribution is 7.90. The van der Waals surface area contributed by atoms with Gasteiger partial charge >= 0.3 is 0 Å². The van der Waals surface area contributed by atoms with Crippen LogP contribution in [-0.4, -0.2) is 20.7 Å². The minimum atomic E-state index is -3.52. The Kier molecular flexibility index (Phi) is 7.05. The smallest absolute Gasteiger partial charge is 0.272 e. The molecule has 0 fully saturated rings. The van der Waals surface area contributed by atoms with E-state index in [4.69, 9.17) is 4.78 Å². The van der Waals surface area contributed by atoms with E-state index in [2.05, 4.69) is 10.0 Å². The van der Waals surface area contributed by atoms with E-state index in [1.807, 2.05) is 6.92 Å². The van der Waals surface area contributed by atoms with Gasteiger partial charge in [-0.2, -0.15) is 0 Å². The van der Waals surface area contributed by atoms with Crippen molar-refractivity contribution in [1.82, 2.24) is 9.29 Å². The SMILES string of the molecule is C[C@@H](CCc1ccc(F)cc1)C1C=Cc2c(cn(C)c2C(=O)Nc2cc(F)c(F)c(F)c2)S(=N)(=O)N1. The average Bonchev–Trinajstić information content (AvgIpc) is 3.10. The van der Waals surface area contributed by atoms with Gasteiger partial charge in [0.15, 0.2) is 17.5 Å². The van der Waals surface area contributed by atoms with Crippen molar-refractivity contribution in [1.29, 1.82) is 4.78 Å². The molecule has 1 aliphatic rings. The maximum atomic E-state index is 13.6. The molecule has 3 atom stereocenters. The predicted octanol–water partition coefficient (Wildman–Crippen LogP) is 5.41. The number of nitrogens with one attached hydrogen (secondary N) is 3. The van der Waals surface area contributed by atoms with Gasteiger partial charge in [-0.05, 0) is 36.5 Å². The Morgan fingerprint density at radius 1 is 1.17 bits per heavy atom. The minimum Gasteiger partial charge on any atom is -0.345 e.